The maximum atomic E-state index is 13.8. The van der Waals surface area contributed by atoms with Crippen molar-refractivity contribution in [3.63, 3.8) is 0 Å². The molecule has 0 spiro atoms. The maximum absolute atomic E-state index is 13.8. The molecular formula is C11H14FN3O3S. The second-order valence-electron chi connectivity index (χ2n) is 4.26. The molecule has 1 saturated heterocycles. The summed E-state index contributed by atoms with van der Waals surface area (Å²) in [4.78, 5) is 1.72. The minimum atomic E-state index is -3.02. The molecular weight excluding hydrogens is 273 g/mol. The van der Waals surface area contributed by atoms with Crippen molar-refractivity contribution in [1.29, 1.82) is 0 Å². The molecule has 0 saturated carbocycles. The summed E-state index contributed by atoms with van der Waals surface area (Å²) in [5, 5.41) is 11.5. The maximum Gasteiger partial charge on any atom is 0.175 e. The van der Waals surface area contributed by atoms with Crippen molar-refractivity contribution in [2.24, 2.45) is 10.9 Å². The van der Waals surface area contributed by atoms with Gasteiger partial charge in [-0.1, -0.05) is 11.2 Å². The summed E-state index contributed by atoms with van der Waals surface area (Å²) in [6.07, 6.45) is 0. The van der Waals surface area contributed by atoms with Crippen molar-refractivity contribution in [2.45, 2.75) is 0 Å². The summed E-state index contributed by atoms with van der Waals surface area (Å²) in [7, 11) is -3.02. The predicted octanol–water partition coefficient (Wildman–Crippen LogP) is 0.155. The molecule has 1 heterocycles. The van der Waals surface area contributed by atoms with E-state index < -0.39 is 15.7 Å². The van der Waals surface area contributed by atoms with E-state index >= 15 is 0 Å². The predicted molar refractivity (Wildman–Crippen MR) is 69.8 cm³/mol. The van der Waals surface area contributed by atoms with Crippen LogP contribution in [0.2, 0.25) is 0 Å². The van der Waals surface area contributed by atoms with Crippen molar-refractivity contribution in [3.8, 4) is 0 Å². The lowest BCUT2D eigenvalue weighted by Gasteiger charge is -2.30. The molecule has 8 heteroatoms. The Labute approximate surface area is 110 Å². The Morgan fingerprint density at radius 2 is 2.00 bits per heavy atom. The number of anilines is 1. The summed E-state index contributed by atoms with van der Waals surface area (Å²) in [5.74, 6) is -0.916. The minimum absolute atomic E-state index is 0.00991. The number of halogens is 1. The number of hydrogen-bond acceptors (Lipinski definition) is 5. The third-order valence-corrected chi connectivity index (χ3v) is 4.65. The second kappa shape index (κ2) is 5.04. The molecule has 2 rings (SSSR count). The number of nitrogens with zero attached hydrogens (tertiary/aromatic N) is 2. The molecule has 3 N–H and O–H groups in total. The molecule has 0 aromatic heterocycles. The monoisotopic (exact) mass is 287 g/mol. The van der Waals surface area contributed by atoms with Gasteiger partial charge < -0.3 is 15.8 Å². The molecule has 104 valence electrons. The molecule has 1 aromatic rings. The van der Waals surface area contributed by atoms with Gasteiger partial charge in [0.25, 0.3) is 0 Å². The van der Waals surface area contributed by atoms with E-state index in [0.29, 0.717) is 5.69 Å². The Kier molecular flexibility index (Phi) is 3.61. The number of sulfone groups is 1. The van der Waals surface area contributed by atoms with Gasteiger partial charge >= 0.3 is 0 Å². The molecule has 0 amide bonds. The molecule has 0 atom stereocenters. The zero-order valence-electron chi connectivity index (χ0n) is 10.1. The van der Waals surface area contributed by atoms with E-state index in [0.717, 1.165) is 0 Å². The van der Waals surface area contributed by atoms with Gasteiger partial charge in [-0.05, 0) is 12.1 Å². The first-order valence-corrected chi connectivity index (χ1v) is 7.48. The van der Waals surface area contributed by atoms with Crippen LogP contribution in [0.4, 0.5) is 10.1 Å². The molecule has 1 fully saturated rings. The lowest BCUT2D eigenvalue weighted by atomic mass is 10.1. The zero-order valence-corrected chi connectivity index (χ0v) is 10.9. The molecule has 6 nitrogen and oxygen atoms in total. The van der Waals surface area contributed by atoms with Crippen molar-refractivity contribution < 1.29 is 18.0 Å². The van der Waals surface area contributed by atoms with Crippen LogP contribution in [0.15, 0.2) is 23.4 Å². The molecule has 0 unspecified atom stereocenters. The Morgan fingerprint density at radius 1 is 1.37 bits per heavy atom. The van der Waals surface area contributed by atoms with Crippen LogP contribution in [0, 0.1) is 5.82 Å². The summed E-state index contributed by atoms with van der Waals surface area (Å²) < 4.78 is 36.5. The van der Waals surface area contributed by atoms with Gasteiger partial charge in [-0.2, -0.15) is 0 Å². The largest absolute Gasteiger partial charge is 0.409 e. The van der Waals surface area contributed by atoms with Crippen LogP contribution in [0.5, 0.6) is 0 Å². The summed E-state index contributed by atoms with van der Waals surface area (Å²) >= 11 is 0. The molecule has 1 aliphatic rings. The fourth-order valence-corrected chi connectivity index (χ4v) is 3.23. The van der Waals surface area contributed by atoms with Gasteiger partial charge in [-0.25, -0.2) is 12.8 Å². The Balaban J connectivity index is 2.38. The fourth-order valence-electron chi connectivity index (χ4n) is 2.03. The summed E-state index contributed by atoms with van der Waals surface area (Å²) in [5.41, 5.74) is 5.90. The van der Waals surface area contributed by atoms with Gasteiger partial charge in [-0.15, -0.1) is 0 Å². The highest BCUT2D eigenvalue weighted by atomic mass is 32.2. The van der Waals surface area contributed by atoms with Gasteiger partial charge in [0.15, 0.2) is 15.7 Å². The third kappa shape index (κ3) is 2.78. The van der Waals surface area contributed by atoms with Crippen LogP contribution >= 0.6 is 0 Å². The summed E-state index contributed by atoms with van der Waals surface area (Å²) in [6, 6.07) is 4.33. The van der Waals surface area contributed by atoms with E-state index in [1.165, 1.54) is 12.1 Å². The standard InChI is InChI=1S/C11H14FN3O3S/c12-8-2-1-3-9(10(8)11(13)14-16)15-4-6-19(17,18)7-5-15/h1-3,16H,4-7H2,(H2,13,14). The van der Waals surface area contributed by atoms with Crippen molar-refractivity contribution in [1.82, 2.24) is 0 Å². The van der Waals surface area contributed by atoms with Crippen molar-refractivity contribution >= 4 is 21.4 Å². The van der Waals surface area contributed by atoms with Gasteiger partial charge in [0.05, 0.1) is 22.8 Å². The Bertz CT molecular complexity index is 602. The average molecular weight is 287 g/mol. The average Bonchev–Trinajstić information content (AvgIpc) is 2.37. The highest BCUT2D eigenvalue weighted by Crippen LogP contribution is 2.24. The fraction of sp³-hybridized carbons (Fsp3) is 0.364. The first-order valence-electron chi connectivity index (χ1n) is 5.66. The first-order chi connectivity index (χ1) is 8.94. The lowest BCUT2D eigenvalue weighted by molar-refractivity contribution is 0.318. The van der Waals surface area contributed by atoms with Crippen LogP contribution in [-0.2, 0) is 9.84 Å². The van der Waals surface area contributed by atoms with Crippen molar-refractivity contribution in [2.75, 3.05) is 29.5 Å². The van der Waals surface area contributed by atoms with E-state index in [1.54, 1.807) is 11.0 Å². The second-order valence-corrected chi connectivity index (χ2v) is 6.56. The summed E-state index contributed by atoms with van der Waals surface area (Å²) in [6.45, 7) is 0.523. The Morgan fingerprint density at radius 3 is 2.58 bits per heavy atom. The van der Waals surface area contributed by atoms with Gasteiger partial charge in [-0.3, -0.25) is 0 Å². The van der Waals surface area contributed by atoms with Gasteiger partial charge in [0.2, 0.25) is 0 Å². The molecule has 1 aliphatic heterocycles. The SMILES string of the molecule is NC(=NO)c1c(F)cccc1N1CCS(=O)(=O)CC1. The number of rotatable bonds is 2. The number of hydrogen-bond donors (Lipinski definition) is 2. The minimum Gasteiger partial charge on any atom is -0.409 e. The van der Waals surface area contributed by atoms with Crippen LogP contribution in [0.25, 0.3) is 0 Å². The van der Waals surface area contributed by atoms with E-state index in [2.05, 4.69) is 5.16 Å². The van der Waals surface area contributed by atoms with Crippen LogP contribution in [-0.4, -0.2) is 44.1 Å². The molecule has 1 aromatic carbocycles. The highest BCUT2D eigenvalue weighted by molar-refractivity contribution is 7.91. The smallest absolute Gasteiger partial charge is 0.175 e. The molecule has 0 radical (unpaired) electrons. The third-order valence-electron chi connectivity index (χ3n) is 3.04. The van der Waals surface area contributed by atoms with E-state index in [4.69, 9.17) is 10.9 Å². The molecule has 19 heavy (non-hydrogen) atoms. The van der Waals surface area contributed by atoms with Crippen LogP contribution in [0.3, 0.4) is 0 Å². The van der Waals surface area contributed by atoms with E-state index in [1.807, 2.05) is 0 Å². The normalized spacial score (nSPS) is 19.4. The number of benzene rings is 1. The van der Waals surface area contributed by atoms with Gasteiger partial charge in [0.1, 0.15) is 5.82 Å². The topological polar surface area (TPSA) is 96.0 Å². The van der Waals surface area contributed by atoms with Crippen molar-refractivity contribution in [3.05, 3.63) is 29.6 Å². The van der Waals surface area contributed by atoms with E-state index in [-0.39, 0.29) is 36.0 Å². The van der Waals surface area contributed by atoms with Crippen LogP contribution < -0.4 is 10.6 Å². The molecule has 0 bridgehead atoms. The number of nitrogens with two attached hydrogens (primary N) is 1. The number of amidine groups is 1. The number of oxime groups is 1. The van der Waals surface area contributed by atoms with Gasteiger partial charge in [0, 0.05) is 13.1 Å². The quantitative estimate of drug-likeness (QED) is 0.349. The Hall–Kier alpha value is -1.83. The molecule has 0 aliphatic carbocycles. The lowest BCUT2D eigenvalue weighted by Crippen LogP contribution is -2.41. The van der Waals surface area contributed by atoms with Crippen LogP contribution in [0.1, 0.15) is 5.56 Å². The first kappa shape index (κ1) is 13.6. The van der Waals surface area contributed by atoms with E-state index in [9.17, 15) is 12.8 Å². The highest BCUT2D eigenvalue weighted by Gasteiger charge is 2.25. The zero-order chi connectivity index (χ0) is 14.0.